The number of hydrogen-bond acceptors (Lipinski definition) is 2. The smallest absolute Gasteiger partial charge is 0.321 e. The third-order valence-corrected chi connectivity index (χ3v) is 5.22. The molecule has 0 atom stereocenters. The Balaban J connectivity index is 1.44. The first-order valence-electron chi connectivity index (χ1n) is 9.24. The van der Waals surface area contributed by atoms with Crippen LogP contribution in [-0.2, 0) is 4.79 Å². The fourth-order valence-corrected chi connectivity index (χ4v) is 3.67. The SMILES string of the molecule is O=C(NC1CCN(C(=O)Nc2ccccc2F)CC1)C1CCCCC1. The number of urea groups is 1. The van der Waals surface area contributed by atoms with Crippen molar-refractivity contribution in [1.82, 2.24) is 10.2 Å². The van der Waals surface area contributed by atoms with E-state index in [-0.39, 0.29) is 29.6 Å². The fourth-order valence-electron chi connectivity index (χ4n) is 3.67. The molecule has 1 aromatic rings. The van der Waals surface area contributed by atoms with E-state index < -0.39 is 5.82 Å². The second kappa shape index (κ2) is 8.32. The molecule has 3 amide bonds. The van der Waals surface area contributed by atoms with Crippen LogP contribution in [0.5, 0.6) is 0 Å². The van der Waals surface area contributed by atoms with Crippen molar-refractivity contribution in [2.24, 2.45) is 5.92 Å². The molecule has 0 radical (unpaired) electrons. The molecule has 1 aliphatic carbocycles. The summed E-state index contributed by atoms with van der Waals surface area (Å²) in [5, 5.41) is 5.76. The maximum Gasteiger partial charge on any atom is 0.321 e. The quantitative estimate of drug-likeness (QED) is 0.879. The van der Waals surface area contributed by atoms with E-state index in [0.717, 1.165) is 38.5 Å². The lowest BCUT2D eigenvalue weighted by Gasteiger charge is -2.33. The van der Waals surface area contributed by atoms with Crippen LogP contribution in [0.3, 0.4) is 0 Å². The van der Waals surface area contributed by atoms with Crippen molar-refractivity contribution in [2.75, 3.05) is 18.4 Å². The van der Waals surface area contributed by atoms with Crippen LogP contribution in [0.2, 0.25) is 0 Å². The van der Waals surface area contributed by atoms with Crippen LogP contribution in [-0.4, -0.2) is 36.0 Å². The molecule has 2 fully saturated rings. The average molecular weight is 347 g/mol. The third kappa shape index (κ3) is 4.71. The second-order valence-corrected chi connectivity index (χ2v) is 7.01. The largest absolute Gasteiger partial charge is 0.353 e. The van der Waals surface area contributed by atoms with Gasteiger partial charge in [-0.25, -0.2) is 9.18 Å². The van der Waals surface area contributed by atoms with E-state index in [0.29, 0.717) is 13.1 Å². The number of carbonyl (C=O) groups excluding carboxylic acids is 2. The molecule has 0 spiro atoms. The Bertz CT molecular complexity index is 608. The topological polar surface area (TPSA) is 61.4 Å². The van der Waals surface area contributed by atoms with Crippen molar-refractivity contribution >= 4 is 17.6 Å². The van der Waals surface area contributed by atoms with Gasteiger partial charge in [-0.05, 0) is 37.8 Å². The Kier molecular flexibility index (Phi) is 5.89. The molecule has 136 valence electrons. The summed E-state index contributed by atoms with van der Waals surface area (Å²) >= 11 is 0. The minimum absolute atomic E-state index is 0.131. The van der Waals surface area contributed by atoms with Gasteiger partial charge in [0.1, 0.15) is 5.82 Å². The Labute approximate surface area is 148 Å². The summed E-state index contributed by atoms with van der Waals surface area (Å²) in [5.74, 6) is -0.101. The number of benzene rings is 1. The first-order valence-corrected chi connectivity index (χ1v) is 9.24. The van der Waals surface area contributed by atoms with E-state index in [9.17, 15) is 14.0 Å². The van der Waals surface area contributed by atoms with Gasteiger partial charge in [0.05, 0.1) is 5.69 Å². The third-order valence-electron chi connectivity index (χ3n) is 5.22. The summed E-state index contributed by atoms with van der Waals surface area (Å²) in [6, 6.07) is 5.98. The van der Waals surface area contributed by atoms with E-state index >= 15 is 0 Å². The highest BCUT2D eigenvalue weighted by Crippen LogP contribution is 2.24. The van der Waals surface area contributed by atoms with Crippen LogP contribution >= 0.6 is 0 Å². The van der Waals surface area contributed by atoms with Crippen molar-refractivity contribution < 1.29 is 14.0 Å². The van der Waals surface area contributed by atoms with Crippen molar-refractivity contribution in [3.8, 4) is 0 Å². The number of anilines is 1. The predicted octanol–water partition coefficient (Wildman–Crippen LogP) is 3.52. The van der Waals surface area contributed by atoms with Gasteiger partial charge in [-0.3, -0.25) is 4.79 Å². The zero-order valence-corrected chi connectivity index (χ0v) is 14.5. The van der Waals surface area contributed by atoms with E-state index in [1.54, 1.807) is 23.1 Å². The Hall–Kier alpha value is -2.11. The van der Waals surface area contributed by atoms with Crippen molar-refractivity contribution in [2.45, 2.75) is 51.0 Å². The summed E-state index contributed by atoms with van der Waals surface area (Å²) in [5.41, 5.74) is 0.195. The molecule has 5 nitrogen and oxygen atoms in total. The van der Waals surface area contributed by atoms with Gasteiger partial charge < -0.3 is 15.5 Å². The summed E-state index contributed by atoms with van der Waals surface area (Å²) in [7, 11) is 0. The van der Waals surface area contributed by atoms with Crippen molar-refractivity contribution in [3.63, 3.8) is 0 Å². The number of halogens is 1. The molecule has 2 N–H and O–H groups in total. The standard InChI is InChI=1S/C19H26FN3O2/c20-16-8-4-5-9-17(16)22-19(25)23-12-10-15(11-13-23)21-18(24)14-6-2-1-3-7-14/h4-5,8-9,14-15H,1-3,6-7,10-13H2,(H,21,24)(H,22,25). The molecule has 2 aliphatic rings. The van der Waals surface area contributed by atoms with Gasteiger partial charge in [-0.1, -0.05) is 31.4 Å². The molecule has 0 unspecified atom stereocenters. The highest BCUT2D eigenvalue weighted by atomic mass is 19.1. The number of para-hydroxylation sites is 1. The van der Waals surface area contributed by atoms with E-state index in [1.807, 2.05) is 0 Å². The van der Waals surface area contributed by atoms with Crippen LogP contribution in [0.1, 0.15) is 44.9 Å². The molecule has 0 bridgehead atoms. The normalized spacial score (nSPS) is 19.5. The lowest BCUT2D eigenvalue weighted by Crippen LogP contribution is -2.49. The van der Waals surface area contributed by atoms with Crippen molar-refractivity contribution in [1.29, 1.82) is 0 Å². The summed E-state index contributed by atoms with van der Waals surface area (Å²) in [6.07, 6.45) is 7.00. The lowest BCUT2D eigenvalue weighted by atomic mass is 9.88. The highest BCUT2D eigenvalue weighted by molar-refractivity contribution is 5.89. The summed E-state index contributed by atoms with van der Waals surface area (Å²) in [6.45, 7) is 1.13. The average Bonchev–Trinajstić information content (AvgIpc) is 2.65. The number of piperidine rings is 1. The number of rotatable bonds is 3. The summed E-state index contributed by atoms with van der Waals surface area (Å²) in [4.78, 5) is 26.2. The monoisotopic (exact) mass is 347 g/mol. The number of hydrogen-bond donors (Lipinski definition) is 2. The molecule has 3 rings (SSSR count). The molecule has 0 aromatic heterocycles. The second-order valence-electron chi connectivity index (χ2n) is 7.01. The van der Waals surface area contributed by atoms with Crippen LogP contribution in [0.4, 0.5) is 14.9 Å². The Morgan fingerprint density at radius 1 is 1.00 bits per heavy atom. The maximum absolute atomic E-state index is 13.6. The highest BCUT2D eigenvalue weighted by Gasteiger charge is 2.27. The maximum atomic E-state index is 13.6. The minimum Gasteiger partial charge on any atom is -0.353 e. The first kappa shape index (κ1) is 17.7. The molecule has 1 heterocycles. The Morgan fingerprint density at radius 2 is 1.68 bits per heavy atom. The van der Waals surface area contributed by atoms with Gasteiger partial charge in [0.15, 0.2) is 0 Å². The van der Waals surface area contributed by atoms with Gasteiger partial charge in [0.25, 0.3) is 0 Å². The number of nitrogens with zero attached hydrogens (tertiary/aromatic N) is 1. The van der Waals surface area contributed by atoms with Crippen LogP contribution < -0.4 is 10.6 Å². The number of amides is 3. The molecule has 6 heteroatoms. The van der Waals surface area contributed by atoms with E-state index in [4.69, 9.17) is 0 Å². The van der Waals surface area contributed by atoms with Gasteiger partial charge >= 0.3 is 6.03 Å². The van der Waals surface area contributed by atoms with Gasteiger partial charge in [-0.2, -0.15) is 0 Å². The van der Waals surface area contributed by atoms with Crippen LogP contribution in [0.15, 0.2) is 24.3 Å². The molecule has 1 saturated carbocycles. The minimum atomic E-state index is -0.439. The zero-order valence-electron chi connectivity index (χ0n) is 14.5. The van der Waals surface area contributed by atoms with Crippen molar-refractivity contribution in [3.05, 3.63) is 30.1 Å². The molecule has 1 aromatic carbocycles. The molecule has 25 heavy (non-hydrogen) atoms. The zero-order chi connectivity index (χ0) is 17.6. The van der Waals surface area contributed by atoms with Crippen LogP contribution in [0.25, 0.3) is 0 Å². The van der Waals surface area contributed by atoms with Gasteiger partial charge in [0, 0.05) is 25.0 Å². The molecule has 1 saturated heterocycles. The van der Waals surface area contributed by atoms with E-state index in [2.05, 4.69) is 10.6 Å². The van der Waals surface area contributed by atoms with Crippen LogP contribution in [0, 0.1) is 11.7 Å². The van der Waals surface area contributed by atoms with Gasteiger partial charge in [-0.15, -0.1) is 0 Å². The van der Waals surface area contributed by atoms with Gasteiger partial charge in [0.2, 0.25) is 5.91 Å². The summed E-state index contributed by atoms with van der Waals surface area (Å²) < 4.78 is 13.6. The fraction of sp³-hybridized carbons (Fsp3) is 0.579. The predicted molar refractivity (Wildman–Crippen MR) is 94.7 cm³/mol. The lowest BCUT2D eigenvalue weighted by molar-refractivity contribution is -0.126. The number of likely N-dealkylation sites (tertiary alicyclic amines) is 1. The van der Waals surface area contributed by atoms with E-state index in [1.165, 1.54) is 12.5 Å². The molecule has 1 aliphatic heterocycles. The molecular weight excluding hydrogens is 321 g/mol. The number of carbonyl (C=O) groups is 2. The number of nitrogens with one attached hydrogen (secondary N) is 2. The first-order chi connectivity index (χ1) is 12.1. The Morgan fingerprint density at radius 3 is 2.36 bits per heavy atom. The molecular formula is C19H26FN3O2.